The van der Waals surface area contributed by atoms with E-state index in [1.165, 1.54) is 24.8 Å². The van der Waals surface area contributed by atoms with Crippen molar-refractivity contribution in [1.82, 2.24) is 19.7 Å². The first-order chi connectivity index (χ1) is 11.2. The lowest BCUT2D eigenvalue weighted by atomic mass is 9.96. The zero-order valence-electron chi connectivity index (χ0n) is 13.2. The summed E-state index contributed by atoms with van der Waals surface area (Å²) in [7, 11) is 0. The third-order valence-electron chi connectivity index (χ3n) is 4.73. The molecule has 3 aromatic rings. The summed E-state index contributed by atoms with van der Waals surface area (Å²) in [5, 5.41) is 5.78. The van der Waals surface area contributed by atoms with Crippen molar-refractivity contribution in [3.63, 3.8) is 0 Å². The van der Waals surface area contributed by atoms with Crippen LogP contribution in [0.3, 0.4) is 0 Å². The molecule has 0 aliphatic heterocycles. The fourth-order valence-electron chi connectivity index (χ4n) is 3.47. The van der Waals surface area contributed by atoms with Crippen LogP contribution in [0.1, 0.15) is 43.7 Å². The van der Waals surface area contributed by atoms with Crippen molar-refractivity contribution >= 4 is 11.0 Å². The smallest absolute Gasteiger partial charge is 0.290 e. The lowest BCUT2D eigenvalue weighted by molar-refractivity contribution is 0.336. The summed E-state index contributed by atoms with van der Waals surface area (Å²) in [6, 6.07) is 8.68. The molecule has 1 aliphatic rings. The van der Waals surface area contributed by atoms with E-state index < -0.39 is 0 Å². The monoisotopic (exact) mass is 308 g/mol. The lowest BCUT2D eigenvalue weighted by Gasteiger charge is -2.22. The summed E-state index contributed by atoms with van der Waals surface area (Å²) in [4.78, 5) is 18.5. The Kier molecular flexibility index (Phi) is 3.48. The minimum atomic E-state index is -0.315. The van der Waals surface area contributed by atoms with Crippen LogP contribution in [0.15, 0.2) is 35.3 Å². The summed E-state index contributed by atoms with van der Waals surface area (Å²) in [6.45, 7) is 2.07. The molecule has 5 heteroatoms. The Hall–Kier alpha value is -2.43. The molecule has 0 unspecified atom stereocenters. The van der Waals surface area contributed by atoms with Crippen LogP contribution >= 0.6 is 0 Å². The predicted molar refractivity (Wildman–Crippen MR) is 90.4 cm³/mol. The van der Waals surface area contributed by atoms with E-state index in [4.69, 9.17) is 5.10 Å². The van der Waals surface area contributed by atoms with Crippen LogP contribution in [-0.4, -0.2) is 19.7 Å². The molecule has 0 radical (unpaired) electrons. The zero-order chi connectivity index (χ0) is 15.8. The number of aromatic nitrogens is 4. The van der Waals surface area contributed by atoms with Crippen LogP contribution in [0.2, 0.25) is 0 Å². The third-order valence-corrected chi connectivity index (χ3v) is 4.73. The summed E-state index contributed by atoms with van der Waals surface area (Å²) < 4.78 is 2.02. The molecule has 1 fully saturated rings. The molecule has 0 spiro atoms. The fraction of sp³-hybridized carbons (Fsp3) is 0.389. The molecule has 0 atom stereocenters. The Balaban J connectivity index is 1.91. The van der Waals surface area contributed by atoms with E-state index >= 15 is 0 Å². The second-order valence-electron chi connectivity index (χ2n) is 6.40. The predicted octanol–water partition coefficient (Wildman–Crippen LogP) is 3.60. The van der Waals surface area contributed by atoms with E-state index in [-0.39, 0.29) is 5.69 Å². The van der Waals surface area contributed by atoms with Gasteiger partial charge in [0.1, 0.15) is 11.3 Å². The molecule has 2 heterocycles. The molecule has 1 N–H and O–H groups in total. The van der Waals surface area contributed by atoms with Gasteiger partial charge in [0.15, 0.2) is 0 Å². The van der Waals surface area contributed by atoms with Crippen LogP contribution < -0.4 is 5.69 Å². The highest BCUT2D eigenvalue weighted by atomic mass is 16.1. The molecule has 1 aromatic carbocycles. The van der Waals surface area contributed by atoms with Gasteiger partial charge in [-0.1, -0.05) is 49.1 Å². The largest absolute Gasteiger partial charge is 0.346 e. The van der Waals surface area contributed by atoms with E-state index in [0.29, 0.717) is 6.04 Å². The maximum atomic E-state index is 11.7. The maximum absolute atomic E-state index is 11.7. The minimum Gasteiger partial charge on any atom is -0.290 e. The molecule has 23 heavy (non-hydrogen) atoms. The van der Waals surface area contributed by atoms with Crippen LogP contribution in [0.5, 0.6) is 0 Å². The van der Waals surface area contributed by atoms with Gasteiger partial charge >= 0.3 is 5.69 Å². The number of nitrogens with zero attached hydrogens (tertiary/aromatic N) is 3. The Labute approximate surface area is 134 Å². The van der Waals surface area contributed by atoms with Crippen molar-refractivity contribution in [3.8, 4) is 11.3 Å². The van der Waals surface area contributed by atoms with Crippen molar-refractivity contribution in [3.05, 3.63) is 46.5 Å². The molecule has 5 nitrogen and oxygen atoms in total. The van der Waals surface area contributed by atoms with Gasteiger partial charge in [-0.2, -0.15) is 5.10 Å². The van der Waals surface area contributed by atoms with Crippen LogP contribution in [-0.2, 0) is 0 Å². The van der Waals surface area contributed by atoms with Gasteiger partial charge in [-0.15, -0.1) is 0 Å². The molecule has 1 aliphatic carbocycles. The van der Waals surface area contributed by atoms with E-state index in [9.17, 15) is 4.79 Å². The highest BCUT2D eigenvalue weighted by Gasteiger charge is 2.21. The number of benzene rings is 1. The van der Waals surface area contributed by atoms with Gasteiger partial charge in [0.05, 0.1) is 11.4 Å². The standard InChI is InChI=1S/C18H20N4O/c1-12-7-9-13(10-8-12)16-15-11-19-18(23)20-17(15)22(21-16)14-5-3-2-4-6-14/h7-11,14H,2-6H2,1H3,(H,19,20,23). The lowest BCUT2D eigenvalue weighted by Crippen LogP contribution is -2.17. The zero-order valence-corrected chi connectivity index (χ0v) is 13.2. The first-order valence-electron chi connectivity index (χ1n) is 8.27. The topological polar surface area (TPSA) is 63.6 Å². The minimum absolute atomic E-state index is 0.315. The van der Waals surface area contributed by atoms with Crippen LogP contribution in [0, 0.1) is 6.92 Å². The number of nitrogens with one attached hydrogen (secondary N) is 1. The summed E-state index contributed by atoms with van der Waals surface area (Å²) in [5.74, 6) is 0. The average Bonchev–Trinajstić information content (AvgIpc) is 2.95. The van der Waals surface area contributed by atoms with Crippen LogP contribution in [0.4, 0.5) is 0 Å². The molecular weight excluding hydrogens is 288 g/mol. The average molecular weight is 308 g/mol. The first-order valence-corrected chi connectivity index (χ1v) is 8.27. The maximum Gasteiger partial charge on any atom is 0.346 e. The normalized spacial score (nSPS) is 16.0. The van der Waals surface area contributed by atoms with E-state index in [1.54, 1.807) is 6.20 Å². The number of hydrogen-bond acceptors (Lipinski definition) is 3. The van der Waals surface area contributed by atoms with Gasteiger partial charge in [-0.3, -0.25) is 4.98 Å². The van der Waals surface area contributed by atoms with Gasteiger partial charge in [0.2, 0.25) is 0 Å². The summed E-state index contributed by atoms with van der Waals surface area (Å²) in [5.41, 5.74) is 3.66. The van der Waals surface area contributed by atoms with E-state index in [0.717, 1.165) is 35.1 Å². The molecule has 0 saturated heterocycles. The second-order valence-corrected chi connectivity index (χ2v) is 6.40. The van der Waals surface area contributed by atoms with E-state index in [2.05, 4.69) is 41.2 Å². The Morgan fingerprint density at radius 3 is 2.61 bits per heavy atom. The number of aryl methyl sites for hydroxylation is 1. The molecule has 2 aromatic heterocycles. The van der Waals surface area contributed by atoms with Crippen molar-refractivity contribution < 1.29 is 0 Å². The van der Waals surface area contributed by atoms with Crippen LogP contribution in [0.25, 0.3) is 22.3 Å². The molecule has 0 amide bonds. The quantitative estimate of drug-likeness (QED) is 0.786. The third kappa shape index (κ3) is 2.56. The van der Waals surface area contributed by atoms with Gasteiger partial charge in [-0.25, -0.2) is 14.5 Å². The highest BCUT2D eigenvalue weighted by molar-refractivity contribution is 5.90. The second kappa shape index (κ2) is 5.65. The van der Waals surface area contributed by atoms with Gasteiger partial charge in [0, 0.05) is 11.8 Å². The Bertz CT molecular complexity index is 886. The van der Waals surface area contributed by atoms with Gasteiger partial charge in [-0.05, 0) is 19.8 Å². The molecular formula is C18H20N4O. The summed E-state index contributed by atoms with van der Waals surface area (Å²) >= 11 is 0. The molecule has 0 bridgehead atoms. The number of aromatic amines is 1. The number of rotatable bonds is 2. The number of H-pyrrole nitrogens is 1. The van der Waals surface area contributed by atoms with Gasteiger partial charge < -0.3 is 0 Å². The number of fused-ring (bicyclic) bond motifs is 1. The molecule has 118 valence electrons. The Morgan fingerprint density at radius 1 is 1.13 bits per heavy atom. The molecule has 4 rings (SSSR count). The SMILES string of the molecule is Cc1ccc(-c2nn(C3CCCCC3)c3[nH]c(=O)ncc23)cc1. The van der Waals surface area contributed by atoms with Gasteiger partial charge in [0.25, 0.3) is 0 Å². The van der Waals surface area contributed by atoms with Crippen molar-refractivity contribution in [2.75, 3.05) is 0 Å². The molecule has 1 saturated carbocycles. The first kappa shape index (κ1) is 14.2. The Morgan fingerprint density at radius 2 is 1.87 bits per heavy atom. The van der Waals surface area contributed by atoms with Crippen molar-refractivity contribution in [2.45, 2.75) is 45.1 Å². The van der Waals surface area contributed by atoms with E-state index in [1.807, 2.05) is 4.68 Å². The highest BCUT2D eigenvalue weighted by Crippen LogP contribution is 2.33. The summed E-state index contributed by atoms with van der Waals surface area (Å²) in [6.07, 6.45) is 7.62. The fourth-order valence-corrected chi connectivity index (χ4v) is 3.47. The number of hydrogen-bond donors (Lipinski definition) is 1. The van der Waals surface area contributed by atoms with Crippen molar-refractivity contribution in [2.24, 2.45) is 0 Å². The van der Waals surface area contributed by atoms with Crippen molar-refractivity contribution in [1.29, 1.82) is 0 Å².